The van der Waals surface area contributed by atoms with Gasteiger partial charge < -0.3 is 79.4 Å². The van der Waals surface area contributed by atoms with E-state index in [4.69, 9.17) is 0 Å². The van der Waals surface area contributed by atoms with Crippen molar-refractivity contribution in [2.75, 3.05) is 0 Å². The summed E-state index contributed by atoms with van der Waals surface area (Å²) in [5.41, 5.74) is 8.46. The molecule has 0 saturated heterocycles. The van der Waals surface area contributed by atoms with Gasteiger partial charge in [0.25, 0.3) is 0 Å². The lowest BCUT2D eigenvalue weighted by molar-refractivity contribution is -1.03. The molecular formula is C120H244B4N8O8. The lowest BCUT2D eigenvalue weighted by Crippen LogP contribution is -3.30. The molecule has 16 nitrogen and oxygen atoms in total. The molecule has 0 aliphatic heterocycles. The molecule has 0 radical (unpaired) electrons. The molecule has 0 spiro atoms. The van der Waals surface area contributed by atoms with Crippen LogP contribution in [0.15, 0.2) is 121 Å². The molecule has 8 N–H and O–H groups in total. The highest BCUT2D eigenvalue weighted by Crippen LogP contribution is 2.18. The third-order valence-corrected chi connectivity index (χ3v) is 22.3. The molecule has 0 saturated carbocycles. The van der Waals surface area contributed by atoms with Crippen LogP contribution in [-0.4, -0.2) is 161 Å². The molecule has 0 aromatic heterocycles. The summed E-state index contributed by atoms with van der Waals surface area (Å²) in [4.78, 5) is 13.2. The summed E-state index contributed by atoms with van der Waals surface area (Å²) < 4.78 is 0. The Kier molecular flexibility index (Phi) is 61.1. The van der Waals surface area contributed by atoms with Gasteiger partial charge in [-0.2, -0.15) is 0 Å². The van der Waals surface area contributed by atoms with Gasteiger partial charge in [-0.05, 0) is 499 Å². The first-order valence-electron chi connectivity index (χ1n) is 52.7. The fourth-order valence-electron chi connectivity index (χ4n) is 29.4. The zero-order chi connectivity index (χ0) is 115. The molecule has 0 amide bonds. The maximum absolute atomic E-state index is 10.2. The Morgan fingerprint density at radius 2 is 0.157 bits per heavy atom. The van der Waals surface area contributed by atoms with E-state index in [1.807, 2.05) is 0 Å². The minimum Gasteiger partial charge on any atom is -0.889 e. The van der Waals surface area contributed by atoms with E-state index in [0.29, 0.717) is 155 Å². The average Bonchev–Trinajstić information content (AvgIpc) is 0.829. The summed E-state index contributed by atoms with van der Waals surface area (Å²) in [6.45, 7) is 167. The maximum atomic E-state index is 10.2. The van der Waals surface area contributed by atoms with Gasteiger partial charge in [0.2, 0.25) is 0 Å². The van der Waals surface area contributed by atoms with E-state index in [9.17, 15) is 40.2 Å². The predicted octanol–water partition coefficient (Wildman–Crippen LogP) is 10.5. The monoisotopic (exact) mass is 1970 g/mol. The topological polar surface area (TPSA) is 220 Å². The van der Waals surface area contributed by atoms with Gasteiger partial charge in [-0.3, -0.25) is 0 Å². The van der Waals surface area contributed by atoms with Crippen molar-refractivity contribution in [2.45, 2.75) is 631 Å². The van der Waals surface area contributed by atoms with Crippen LogP contribution < -0.4 is 101 Å². The quantitative estimate of drug-likeness (QED) is 0.0917. The fraction of sp³-hybridized carbons (Fsp3) is 0.800. The number of nitrogens with one attached hydrogen (secondary N) is 8. The van der Waals surface area contributed by atoms with E-state index in [0.717, 1.165) is 0 Å². The SMILES string of the molecule is CC(C)(C)[NH+](C(C)(C)C)C(C)(C)C.CC(C)(C)[NH+](C(C)(C)C)C(C)(C)C.CC(C)(C)[NH+](C(C)(C)C)C(C)(C)C.CC(C)(C)[NH+](C(C)(C)C)C(C)(C)C.CC(C)(C)[NH+](C(C)(C)C)C(C)(C)C.CC(C)(C)[NH+](C(C)(C)C)C(C)(C)C.CC(C)(C)[NH+](C(C)(C)C)C(C)(C)C.CC(C)(C)[NH+](C(C)(C)C)C(C)(C)C.[O-]B([O-])c1ccccc1.[O-]B([O-])c1ccccc1.[O-]B([O-])c1ccccc1.[O-]B([O-])c1ccccc1. The summed E-state index contributed by atoms with van der Waals surface area (Å²) in [5.74, 6) is 0. The molecule has 0 fully saturated rings. The first kappa shape index (κ1) is 152. The van der Waals surface area contributed by atoms with Crippen LogP contribution in [0.2, 0.25) is 0 Å². The van der Waals surface area contributed by atoms with Crippen molar-refractivity contribution >= 4 is 50.3 Å². The maximum Gasteiger partial charge on any atom is 0.0899 e. The number of quaternary nitrogens is 8. The van der Waals surface area contributed by atoms with Crippen molar-refractivity contribution in [3.63, 3.8) is 0 Å². The largest absolute Gasteiger partial charge is 0.889 e. The lowest BCUT2D eigenvalue weighted by atomic mass is 9.81. The van der Waals surface area contributed by atoms with Crippen LogP contribution in [0.25, 0.3) is 0 Å². The Balaban J connectivity index is -0.000000227. The van der Waals surface area contributed by atoms with Crippen LogP contribution in [0.3, 0.4) is 0 Å². The molecule has 0 unspecified atom stereocenters. The van der Waals surface area contributed by atoms with Crippen LogP contribution in [-0.2, 0) is 0 Å². The summed E-state index contributed by atoms with van der Waals surface area (Å²) in [5, 5.41) is 81.4. The molecule has 4 aromatic carbocycles. The predicted molar refractivity (Wildman–Crippen MR) is 609 cm³/mol. The number of hydrogen-bond acceptors (Lipinski definition) is 8. The van der Waals surface area contributed by atoms with Crippen molar-refractivity contribution in [3.05, 3.63) is 121 Å². The van der Waals surface area contributed by atoms with E-state index >= 15 is 0 Å². The first-order chi connectivity index (χ1) is 60.1. The van der Waals surface area contributed by atoms with Gasteiger partial charge in [-0.1, -0.05) is 150 Å². The van der Waals surface area contributed by atoms with Crippen LogP contribution in [0.5, 0.6) is 0 Å². The molecule has 0 atom stereocenters. The fourth-order valence-corrected chi connectivity index (χ4v) is 29.4. The number of benzene rings is 4. The Labute approximate surface area is 877 Å². The van der Waals surface area contributed by atoms with E-state index in [1.54, 1.807) is 112 Å². The van der Waals surface area contributed by atoms with E-state index < -0.39 is 28.5 Å². The summed E-state index contributed by atoms with van der Waals surface area (Å²) in [6, 6.07) is 32.8. The molecule has 20 heteroatoms. The summed E-state index contributed by atoms with van der Waals surface area (Å²) >= 11 is 0. The van der Waals surface area contributed by atoms with E-state index in [2.05, 4.69) is 499 Å². The van der Waals surface area contributed by atoms with Gasteiger partial charge in [-0.15, -0.1) is 21.9 Å². The zero-order valence-corrected chi connectivity index (χ0v) is 107. The molecule has 4 aromatic rings. The number of rotatable bonds is 4. The minimum atomic E-state index is -1.84. The second-order valence-corrected chi connectivity index (χ2v) is 64.0. The minimum absolute atomic E-state index is 0.302. The normalized spacial score (nSPS) is 13.7. The van der Waals surface area contributed by atoms with Crippen molar-refractivity contribution in [2.24, 2.45) is 0 Å². The van der Waals surface area contributed by atoms with Crippen molar-refractivity contribution in [3.8, 4) is 0 Å². The van der Waals surface area contributed by atoms with Crippen LogP contribution >= 0.6 is 0 Å². The Bertz CT molecular complexity index is 2900. The Morgan fingerprint density at radius 3 is 0.179 bits per heavy atom. The highest BCUT2D eigenvalue weighted by Gasteiger charge is 2.51. The Morgan fingerprint density at radius 1 is 0.107 bits per heavy atom. The first-order valence-corrected chi connectivity index (χ1v) is 52.7. The van der Waals surface area contributed by atoms with Gasteiger partial charge in [0.05, 0.1) is 133 Å². The van der Waals surface area contributed by atoms with E-state index in [1.165, 1.54) is 48.5 Å². The number of hydrogen-bond donors (Lipinski definition) is 8. The third kappa shape index (κ3) is 67.5. The average molecular weight is 1970 g/mol. The van der Waals surface area contributed by atoms with Crippen LogP contribution in [0.4, 0.5) is 0 Å². The van der Waals surface area contributed by atoms with Crippen LogP contribution in [0, 0.1) is 0 Å². The van der Waals surface area contributed by atoms with Crippen LogP contribution in [0.1, 0.15) is 499 Å². The molecule has 824 valence electrons. The Hall–Kier alpha value is -3.50. The second kappa shape index (κ2) is 56.4. The molecule has 0 heterocycles. The molecule has 0 aliphatic carbocycles. The van der Waals surface area contributed by atoms with Gasteiger partial charge >= 0.3 is 0 Å². The van der Waals surface area contributed by atoms with Gasteiger partial charge in [0, 0.05) is 0 Å². The summed E-state index contributed by atoms with van der Waals surface area (Å²) in [6.07, 6.45) is 0. The van der Waals surface area contributed by atoms with E-state index in [-0.39, 0.29) is 0 Å². The highest BCUT2D eigenvalue weighted by molar-refractivity contribution is 6.56. The molecular weight excluding hydrogens is 1720 g/mol. The van der Waals surface area contributed by atoms with Gasteiger partial charge in [0.15, 0.2) is 0 Å². The van der Waals surface area contributed by atoms with Crippen molar-refractivity contribution in [1.82, 2.24) is 0 Å². The van der Waals surface area contributed by atoms with Gasteiger partial charge in [0.1, 0.15) is 0 Å². The molecule has 140 heavy (non-hydrogen) atoms. The van der Waals surface area contributed by atoms with Crippen molar-refractivity contribution in [1.29, 1.82) is 0 Å². The highest BCUT2D eigenvalue weighted by atomic mass is 16.4. The second-order valence-electron chi connectivity index (χ2n) is 64.0. The molecule has 4 rings (SSSR count). The third-order valence-electron chi connectivity index (χ3n) is 22.3. The van der Waals surface area contributed by atoms with Gasteiger partial charge in [-0.25, -0.2) is 0 Å². The lowest BCUT2D eigenvalue weighted by Gasteiger charge is -2.50. The molecule has 0 bridgehead atoms. The molecule has 0 aliphatic rings. The summed E-state index contributed by atoms with van der Waals surface area (Å²) in [7, 11) is -7.37. The smallest absolute Gasteiger partial charge is 0.0899 e. The zero-order valence-electron chi connectivity index (χ0n) is 107. The van der Waals surface area contributed by atoms with Crippen molar-refractivity contribution < 1.29 is 79.4 Å². The standard InChI is InChI=1S/8C12H27N.4C6H5BO2/c8*1-10(2,3)13(11(4,5)6)12(7,8)9;4*8-7(9)6-4-2-1-3-5-6/h8*1-9H3;4*1-5H/q;;;;;;;;4*-2/p+8.